The molecule has 0 saturated heterocycles. The van der Waals surface area contributed by atoms with E-state index in [-0.39, 0.29) is 5.75 Å². The number of anilines is 2. The number of H-pyrrole nitrogens is 1. The van der Waals surface area contributed by atoms with E-state index in [0.717, 1.165) is 27.5 Å². The van der Waals surface area contributed by atoms with Gasteiger partial charge in [-0.15, -0.1) is 11.3 Å². The van der Waals surface area contributed by atoms with Crippen LogP contribution in [0.4, 0.5) is 11.6 Å². The number of fused-ring (bicyclic) bond motifs is 2. The molecule has 0 aliphatic rings. The van der Waals surface area contributed by atoms with Gasteiger partial charge in [0, 0.05) is 39.7 Å². The van der Waals surface area contributed by atoms with Crippen LogP contribution in [0.5, 0.6) is 0 Å². The fourth-order valence-electron chi connectivity index (χ4n) is 3.31. The van der Waals surface area contributed by atoms with Crippen LogP contribution in [0.3, 0.4) is 0 Å². The van der Waals surface area contributed by atoms with Gasteiger partial charge in [0.2, 0.25) is 10.0 Å². The summed E-state index contributed by atoms with van der Waals surface area (Å²) in [5, 5.41) is 16.1. The van der Waals surface area contributed by atoms with Crippen molar-refractivity contribution in [2.45, 2.75) is 13.8 Å². The number of aromatic amines is 1. The van der Waals surface area contributed by atoms with Gasteiger partial charge in [-0.2, -0.15) is 5.10 Å². The molecule has 2 N–H and O–H groups in total. The molecule has 1 aromatic carbocycles. The molecule has 0 atom stereocenters. The normalized spacial score (nSPS) is 12.1. The van der Waals surface area contributed by atoms with Gasteiger partial charge in [-0.1, -0.05) is 12.1 Å². The first kappa shape index (κ1) is 18.8. The minimum atomic E-state index is -3.40. The first-order chi connectivity index (χ1) is 14.4. The molecule has 10 heteroatoms. The largest absolute Gasteiger partial charge is 0.323 e. The van der Waals surface area contributed by atoms with Gasteiger partial charge in [0.1, 0.15) is 5.82 Å². The number of aromatic nitrogens is 5. The SMILES string of the molecule is CCS(=O)(=O)n1ccc2ccc(-c3nc(Nc4cc(C)[nH]n4)c4cscc4n3)cc21. The molecule has 30 heavy (non-hydrogen) atoms. The molecular weight excluding hydrogens is 420 g/mol. The van der Waals surface area contributed by atoms with Crippen LogP contribution >= 0.6 is 11.3 Å². The number of nitrogens with one attached hydrogen (secondary N) is 2. The maximum Gasteiger partial charge on any atom is 0.238 e. The highest BCUT2D eigenvalue weighted by Gasteiger charge is 2.16. The number of rotatable bonds is 5. The quantitative estimate of drug-likeness (QED) is 0.424. The summed E-state index contributed by atoms with van der Waals surface area (Å²) in [6, 6.07) is 9.30. The molecule has 8 nitrogen and oxygen atoms in total. The molecule has 4 heterocycles. The van der Waals surface area contributed by atoms with E-state index in [1.54, 1.807) is 30.5 Å². The fourth-order valence-corrected chi connectivity index (χ4v) is 5.04. The Morgan fingerprint density at radius 3 is 2.80 bits per heavy atom. The summed E-state index contributed by atoms with van der Waals surface area (Å²) in [5.41, 5.74) is 3.11. The van der Waals surface area contributed by atoms with Crippen LogP contribution in [0, 0.1) is 6.92 Å². The average molecular weight is 439 g/mol. The average Bonchev–Trinajstić information content (AvgIpc) is 3.46. The van der Waals surface area contributed by atoms with Crippen molar-refractivity contribution in [3.05, 3.63) is 53.0 Å². The summed E-state index contributed by atoms with van der Waals surface area (Å²) in [4.78, 5) is 9.41. The molecule has 0 fully saturated rings. The van der Waals surface area contributed by atoms with Gasteiger partial charge >= 0.3 is 0 Å². The molecule has 0 spiro atoms. The maximum absolute atomic E-state index is 12.4. The second-order valence-electron chi connectivity index (χ2n) is 6.91. The molecule has 0 aliphatic carbocycles. The standard InChI is InChI=1S/C20H18N6O2S2/c1-3-30(27,28)26-7-6-13-4-5-14(9-17(13)26)19-21-16-11-29-10-15(16)20(23-19)22-18-8-12(2)24-25-18/h4-11H,3H2,1-2H3,(H2,21,22,23,24,25). The number of nitrogens with zero attached hydrogens (tertiary/aromatic N) is 4. The van der Waals surface area contributed by atoms with Crippen molar-refractivity contribution < 1.29 is 8.42 Å². The van der Waals surface area contributed by atoms with Crippen LogP contribution < -0.4 is 5.32 Å². The molecule has 0 saturated carbocycles. The smallest absolute Gasteiger partial charge is 0.238 e. The van der Waals surface area contributed by atoms with Crippen molar-refractivity contribution in [1.82, 2.24) is 24.1 Å². The third-order valence-corrected chi connectivity index (χ3v) is 7.25. The van der Waals surface area contributed by atoms with Crippen LogP contribution in [0.1, 0.15) is 12.6 Å². The van der Waals surface area contributed by atoms with Crippen molar-refractivity contribution in [3.8, 4) is 11.4 Å². The monoisotopic (exact) mass is 438 g/mol. The Labute approximate surface area is 176 Å². The minimum Gasteiger partial charge on any atom is -0.323 e. The molecule has 0 unspecified atom stereocenters. The van der Waals surface area contributed by atoms with Crippen LogP contribution in [0.15, 0.2) is 47.3 Å². The van der Waals surface area contributed by atoms with Gasteiger partial charge < -0.3 is 5.32 Å². The summed E-state index contributed by atoms with van der Waals surface area (Å²) in [5.74, 6) is 1.86. The lowest BCUT2D eigenvalue weighted by Gasteiger charge is -2.09. The van der Waals surface area contributed by atoms with E-state index in [9.17, 15) is 8.42 Å². The van der Waals surface area contributed by atoms with Gasteiger partial charge in [-0.3, -0.25) is 5.10 Å². The Kier molecular flexibility index (Phi) is 4.33. The third-order valence-electron chi connectivity index (χ3n) is 4.87. The highest BCUT2D eigenvalue weighted by Crippen LogP contribution is 2.31. The second-order valence-corrected chi connectivity index (χ2v) is 9.79. The number of hydrogen-bond donors (Lipinski definition) is 2. The Morgan fingerprint density at radius 2 is 2.03 bits per heavy atom. The lowest BCUT2D eigenvalue weighted by Crippen LogP contribution is -2.13. The van der Waals surface area contributed by atoms with Crippen molar-refractivity contribution in [2.75, 3.05) is 11.1 Å². The van der Waals surface area contributed by atoms with Crippen molar-refractivity contribution in [3.63, 3.8) is 0 Å². The van der Waals surface area contributed by atoms with Crippen LogP contribution in [0.25, 0.3) is 33.2 Å². The number of aryl methyl sites for hydroxylation is 1. The zero-order valence-corrected chi connectivity index (χ0v) is 17.9. The van der Waals surface area contributed by atoms with Crippen LogP contribution in [0.2, 0.25) is 0 Å². The number of hydrogen-bond acceptors (Lipinski definition) is 7. The Bertz CT molecular complexity index is 1500. The van der Waals surface area contributed by atoms with Gasteiger partial charge in [0.05, 0.1) is 22.2 Å². The summed E-state index contributed by atoms with van der Waals surface area (Å²) in [6.45, 7) is 3.56. The Morgan fingerprint density at radius 1 is 1.17 bits per heavy atom. The Balaban J connectivity index is 1.66. The van der Waals surface area contributed by atoms with E-state index in [4.69, 9.17) is 4.98 Å². The molecule has 5 rings (SSSR count). The van der Waals surface area contributed by atoms with E-state index >= 15 is 0 Å². The molecule has 4 aromatic heterocycles. The summed E-state index contributed by atoms with van der Waals surface area (Å²) >= 11 is 1.55. The molecule has 0 bridgehead atoms. The van der Waals surface area contributed by atoms with Gasteiger partial charge in [0.15, 0.2) is 11.6 Å². The van der Waals surface area contributed by atoms with Crippen LogP contribution in [-0.2, 0) is 10.0 Å². The zero-order chi connectivity index (χ0) is 20.9. The molecule has 0 aliphatic heterocycles. The third kappa shape index (κ3) is 3.14. The predicted molar refractivity (Wildman–Crippen MR) is 120 cm³/mol. The highest BCUT2D eigenvalue weighted by molar-refractivity contribution is 7.90. The van der Waals surface area contributed by atoms with Crippen molar-refractivity contribution in [2.24, 2.45) is 0 Å². The maximum atomic E-state index is 12.4. The zero-order valence-electron chi connectivity index (χ0n) is 16.2. The van der Waals surface area contributed by atoms with Crippen molar-refractivity contribution in [1.29, 1.82) is 0 Å². The minimum absolute atomic E-state index is 0.0233. The number of benzene rings is 1. The van der Waals surface area contributed by atoms with Gasteiger partial charge in [0.25, 0.3) is 0 Å². The van der Waals surface area contributed by atoms with E-state index in [1.807, 2.05) is 41.9 Å². The van der Waals surface area contributed by atoms with Gasteiger partial charge in [-0.25, -0.2) is 22.4 Å². The van der Waals surface area contributed by atoms with E-state index < -0.39 is 10.0 Å². The fraction of sp³-hybridized carbons (Fsp3) is 0.150. The number of thiophene rings is 1. The summed E-state index contributed by atoms with van der Waals surface area (Å²) in [7, 11) is -3.40. The molecule has 0 radical (unpaired) electrons. The first-order valence-corrected chi connectivity index (χ1v) is 11.9. The topological polar surface area (TPSA) is 106 Å². The van der Waals surface area contributed by atoms with Crippen molar-refractivity contribution >= 4 is 54.8 Å². The Hall–Kier alpha value is -3.24. The predicted octanol–water partition coefficient (Wildman–Crippen LogP) is 4.29. The van der Waals surface area contributed by atoms with E-state index in [1.165, 1.54) is 3.97 Å². The van der Waals surface area contributed by atoms with E-state index in [0.29, 0.717) is 23.0 Å². The molecule has 5 aromatic rings. The summed E-state index contributed by atoms with van der Waals surface area (Å²) in [6.07, 6.45) is 1.59. The van der Waals surface area contributed by atoms with E-state index in [2.05, 4.69) is 20.5 Å². The van der Waals surface area contributed by atoms with Gasteiger partial charge in [-0.05, 0) is 26.0 Å². The highest BCUT2D eigenvalue weighted by atomic mass is 32.2. The second kappa shape index (κ2) is 6.92. The molecular formula is C20H18N6O2S2. The lowest BCUT2D eigenvalue weighted by atomic mass is 10.1. The molecule has 0 amide bonds. The first-order valence-electron chi connectivity index (χ1n) is 9.32. The lowest BCUT2D eigenvalue weighted by molar-refractivity contribution is 0.590. The summed E-state index contributed by atoms with van der Waals surface area (Å²) < 4.78 is 26.2. The van der Waals surface area contributed by atoms with Crippen LogP contribution in [-0.4, -0.2) is 38.3 Å². The molecule has 152 valence electrons.